The Balaban J connectivity index is 2.77. The van der Waals surface area contributed by atoms with E-state index < -0.39 is 15.3 Å². The van der Waals surface area contributed by atoms with E-state index in [9.17, 15) is 13.2 Å². The van der Waals surface area contributed by atoms with Crippen molar-refractivity contribution in [3.63, 3.8) is 0 Å². The lowest BCUT2D eigenvalue weighted by Gasteiger charge is -2.31. The fraction of sp³-hybridized carbons (Fsp3) is 0.900. The minimum atomic E-state index is -3.19. The fourth-order valence-corrected chi connectivity index (χ4v) is 3.17. The number of nitrogens with zero attached hydrogens (tertiary/aromatic N) is 1. The number of hydrogen-bond donors (Lipinski definition) is 0. The van der Waals surface area contributed by atoms with Gasteiger partial charge in [0.05, 0.1) is 5.25 Å². The molecule has 0 saturated carbocycles. The Morgan fingerprint density at radius 3 is 2.47 bits per heavy atom. The minimum absolute atomic E-state index is 0.0960. The van der Waals surface area contributed by atoms with Crippen LogP contribution in [-0.2, 0) is 14.8 Å². The Morgan fingerprint density at radius 2 is 2.00 bits per heavy atom. The molecule has 1 aliphatic rings. The molecule has 15 heavy (non-hydrogen) atoms. The first-order chi connectivity index (χ1) is 6.85. The Hall–Kier alpha value is -0.420. The molecule has 5 heteroatoms. The van der Waals surface area contributed by atoms with Gasteiger partial charge in [0.25, 0.3) is 0 Å². The van der Waals surface area contributed by atoms with Crippen LogP contribution in [0, 0.1) is 5.92 Å². The van der Waals surface area contributed by atoms with Gasteiger partial charge in [-0.05, 0) is 33.6 Å². The van der Waals surface area contributed by atoms with Gasteiger partial charge in [-0.3, -0.25) is 4.79 Å². The number of sulfonamides is 1. The first kappa shape index (κ1) is 12.6. The number of hydrogen-bond acceptors (Lipinski definition) is 3. The number of rotatable bonds is 3. The fourth-order valence-electron chi connectivity index (χ4n) is 1.80. The zero-order valence-corrected chi connectivity index (χ0v) is 10.4. The van der Waals surface area contributed by atoms with Crippen LogP contribution in [0.3, 0.4) is 0 Å². The molecule has 1 heterocycles. The number of carbonyl (C=O) groups is 1. The lowest BCUT2D eigenvalue weighted by molar-refractivity contribution is -0.121. The maximum Gasteiger partial charge on any atom is 0.216 e. The molecule has 4 nitrogen and oxygen atoms in total. The summed E-state index contributed by atoms with van der Waals surface area (Å²) in [7, 11) is -3.19. The van der Waals surface area contributed by atoms with Crippen molar-refractivity contribution < 1.29 is 13.2 Å². The summed E-state index contributed by atoms with van der Waals surface area (Å²) in [4.78, 5) is 11.2. The van der Waals surface area contributed by atoms with Crippen LogP contribution >= 0.6 is 0 Å². The van der Waals surface area contributed by atoms with E-state index in [4.69, 9.17) is 0 Å². The van der Waals surface area contributed by atoms with Crippen molar-refractivity contribution in [3.8, 4) is 0 Å². The third kappa shape index (κ3) is 2.78. The smallest absolute Gasteiger partial charge is 0.216 e. The molecule has 88 valence electrons. The monoisotopic (exact) mass is 233 g/mol. The molecule has 1 atom stereocenters. The van der Waals surface area contributed by atoms with Gasteiger partial charge in [0.1, 0.15) is 5.78 Å². The SMILES string of the molecule is CC(=O)C1CCCN(S(=O)(=O)C(C)C)C1. The third-order valence-electron chi connectivity index (χ3n) is 2.91. The molecule has 0 aromatic carbocycles. The Morgan fingerprint density at radius 1 is 1.40 bits per heavy atom. The molecule has 1 fully saturated rings. The van der Waals surface area contributed by atoms with E-state index in [1.54, 1.807) is 13.8 Å². The first-order valence-corrected chi connectivity index (χ1v) is 6.85. The van der Waals surface area contributed by atoms with Gasteiger partial charge < -0.3 is 0 Å². The Kier molecular flexibility index (Phi) is 3.89. The van der Waals surface area contributed by atoms with Gasteiger partial charge in [-0.15, -0.1) is 0 Å². The maximum atomic E-state index is 11.9. The summed E-state index contributed by atoms with van der Waals surface area (Å²) in [6.45, 7) is 5.82. The van der Waals surface area contributed by atoms with Crippen molar-refractivity contribution in [2.24, 2.45) is 5.92 Å². The number of Topliss-reactive ketones (excluding diaryl/α,β-unsaturated/α-hetero) is 1. The Bertz CT molecular complexity index is 335. The summed E-state index contributed by atoms with van der Waals surface area (Å²) in [5, 5.41) is -0.400. The molecule has 1 saturated heterocycles. The summed E-state index contributed by atoms with van der Waals surface area (Å²) >= 11 is 0. The summed E-state index contributed by atoms with van der Waals surface area (Å²) < 4.78 is 25.2. The van der Waals surface area contributed by atoms with Gasteiger partial charge in [-0.2, -0.15) is 0 Å². The van der Waals surface area contributed by atoms with E-state index in [-0.39, 0.29) is 11.7 Å². The average molecular weight is 233 g/mol. The van der Waals surface area contributed by atoms with Crippen LogP contribution in [0.2, 0.25) is 0 Å². The minimum Gasteiger partial charge on any atom is -0.300 e. The molecule has 1 unspecified atom stereocenters. The third-order valence-corrected chi connectivity index (χ3v) is 5.16. The molecule has 1 aliphatic heterocycles. The Labute approximate surface area is 91.7 Å². The van der Waals surface area contributed by atoms with Crippen LogP contribution in [0.4, 0.5) is 0 Å². The van der Waals surface area contributed by atoms with Crippen molar-refractivity contribution >= 4 is 15.8 Å². The molecule has 1 rings (SSSR count). The van der Waals surface area contributed by atoms with Gasteiger partial charge in [-0.25, -0.2) is 12.7 Å². The topological polar surface area (TPSA) is 54.5 Å². The lowest BCUT2D eigenvalue weighted by atomic mass is 9.96. The lowest BCUT2D eigenvalue weighted by Crippen LogP contribution is -2.44. The van der Waals surface area contributed by atoms with Gasteiger partial charge in [0.15, 0.2) is 0 Å². The first-order valence-electron chi connectivity index (χ1n) is 5.35. The second kappa shape index (κ2) is 4.61. The molecular formula is C10H19NO3S. The van der Waals surface area contributed by atoms with E-state index in [1.165, 1.54) is 11.2 Å². The number of piperidine rings is 1. The number of ketones is 1. The largest absolute Gasteiger partial charge is 0.300 e. The van der Waals surface area contributed by atoms with E-state index in [2.05, 4.69) is 0 Å². The molecule has 0 aliphatic carbocycles. The van der Waals surface area contributed by atoms with Gasteiger partial charge in [0, 0.05) is 19.0 Å². The van der Waals surface area contributed by atoms with Crippen LogP contribution in [-0.4, -0.2) is 36.8 Å². The van der Waals surface area contributed by atoms with Crippen molar-refractivity contribution in [2.75, 3.05) is 13.1 Å². The van der Waals surface area contributed by atoms with Crippen LogP contribution < -0.4 is 0 Å². The molecule has 0 aromatic heterocycles. The van der Waals surface area contributed by atoms with Crippen molar-refractivity contribution in [1.29, 1.82) is 0 Å². The summed E-state index contributed by atoms with van der Waals surface area (Å²) in [5.41, 5.74) is 0. The molecule has 0 radical (unpaired) electrons. The van der Waals surface area contributed by atoms with Crippen molar-refractivity contribution in [3.05, 3.63) is 0 Å². The van der Waals surface area contributed by atoms with Gasteiger partial charge in [-0.1, -0.05) is 0 Å². The molecule has 0 amide bonds. The molecule has 0 aromatic rings. The molecule has 0 bridgehead atoms. The molecule has 0 spiro atoms. The van der Waals surface area contributed by atoms with Gasteiger partial charge in [0.2, 0.25) is 10.0 Å². The highest BCUT2D eigenvalue weighted by Gasteiger charge is 2.32. The summed E-state index contributed by atoms with van der Waals surface area (Å²) in [6.07, 6.45) is 1.61. The van der Waals surface area contributed by atoms with Crippen LogP contribution in [0.25, 0.3) is 0 Å². The standard InChI is InChI=1S/C10H19NO3S/c1-8(2)15(13,14)11-6-4-5-10(7-11)9(3)12/h8,10H,4-7H2,1-3H3. The second-order valence-electron chi connectivity index (χ2n) is 4.40. The highest BCUT2D eigenvalue weighted by Crippen LogP contribution is 2.21. The van der Waals surface area contributed by atoms with E-state index in [0.717, 1.165) is 12.8 Å². The second-order valence-corrected chi connectivity index (χ2v) is 6.89. The molecule has 0 N–H and O–H groups in total. The van der Waals surface area contributed by atoms with E-state index in [0.29, 0.717) is 13.1 Å². The maximum absolute atomic E-state index is 11.9. The zero-order chi connectivity index (χ0) is 11.6. The summed E-state index contributed by atoms with van der Waals surface area (Å²) in [5.74, 6) is -0.00840. The quantitative estimate of drug-likeness (QED) is 0.731. The normalized spacial score (nSPS) is 24.4. The molecular weight excluding hydrogens is 214 g/mol. The highest BCUT2D eigenvalue weighted by molar-refractivity contribution is 7.89. The van der Waals surface area contributed by atoms with Crippen molar-refractivity contribution in [1.82, 2.24) is 4.31 Å². The van der Waals surface area contributed by atoms with E-state index in [1.807, 2.05) is 0 Å². The van der Waals surface area contributed by atoms with Crippen LogP contribution in [0.15, 0.2) is 0 Å². The zero-order valence-electron chi connectivity index (χ0n) is 9.56. The van der Waals surface area contributed by atoms with Gasteiger partial charge >= 0.3 is 0 Å². The highest BCUT2D eigenvalue weighted by atomic mass is 32.2. The van der Waals surface area contributed by atoms with Crippen LogP contribution in [0.5, 0.6) is 0 Å². The van der Waals surface area contributed by atoms with E-state index >= 15 is 0 Å². The summed E-state index contributed by atoms with van der Waals surface area (Å²) in [6, 6.07) is 0. The number of carbonyl (C=O) groups excluding carboxylic acids is 1. The van der Waals surface area contributed by atoms with Crippen LogP contribution in [0.1, 0.15) is 33.6 Å². The predicted molar refractivity (Wildman–Crippen MR) is 59.0 cm³/mol. The average Bonchev–Trinajstić information content (AvgIpc) is 2.17. The predicted octanol–water partition coefficient (Wildman–Crippen LogP) is 1.03. The van der Waals surface area contributed by atoms with Crippen molar-refractivity contribution in [2.45, 2.75) is 38.9 Å².